The Bertz CT molecular complexity index is 194. The van der Waals surface area contributed by atoms with Crippen molar-refractivity contribution in [3.05, 3.63) is 23.5 Å². The first kappa shape index (κ1) is 8.34. The van der Waals surface area contributed by atoms with E-state index in [9.17, 15) is 0 Å². The molecule has 0 radical (unpaired) electrons. The summed E-state index contributed by atoms with van der Waals surface area (Å²) in [6.45, 7) is 4.79. The SMILES string of the molecule is CCC(N)C1=CC(C)=CCO1. The van der Waals surface area contributed by atoms with Gasteiger partial charge >= 0.3 is 0 Å². The van der Waals surface area contributed by atoms with Gasteiger partial charge in [-0.2, -0.15) is 0 Å². The average Bonchev–Trinajstić information content (AvgIpc) is 2.03. The molecule has 0 bridgehead atoms. The number of ether oxygens (including phenoxy) is 1. The average molecular weight is 153 g/mol. The minimum Gasteiger partial charge on any atom is -0.492 e. The van der Waals surface area contributed by atoms with Crippen LogP contribution in [0.2, 0.25) is 0 Å². The van der Waals surface area contributed by atoms with Crippen LogP contribution >= 0.6 is 0 Å². The lowest BCUT2D eigenvalue weighted by atomic mass is 10.1. The Morgan fingerprint density at radius 3 is 3.00 bits per heavy atom. The zero-order valence-electron chi connectivity index (χ0n) is 7.13. The first-order chi connectivity index (χ1) is 5.24. The van der Waals surface area contributed by atoms with Crippen molar-refractivity contribution in [2.45, 2.75) is 26.3 Å². The van der Waals surface area contributed by atoms with Crippen LogP contribution in [0.1, 0.15) is 20.3 Å². The topological polar surface area (TPSA) is 35.2 Å². The molecule has 1 unspecified atom stereocenters. The molecule has 11 heavy (non-hydrogen) atoms. The Kier molecular flexibility index (Phi) is 2.71. The van der Waals surface area contributed by atoms with Gasteiger partial charge in [0.25, 0.3) is 0 Å². The molecular weight excluding hydrogens is 138 g/mol. The maximum atomic E-state index is 5.79. The maximum absolute atomic E-state index is 5.79. The van der Waals surface area contributed by atoms with Crippen molar-refractivity contribution in [1.29, 1.82) is 0 Å². The quantitative estimate of drug-likeness (QED) is 0.653. The minimum atomic E-state index is 0.0682. The monoisotopic (exact) mass is 153 g/mol. The van der Waals surface area contributed by atoms with Crippen molar-refractivity contribution >= 4 is 0 Å². The van der Waals surface area contributed by atoms with Crippen LogP contribution in [0.5, 0.6) is 0 Å². The Balaban J connectivity index is 2.64. The highest BCUT2D eigenvalue weighted by atomic mass is 16.5. The molecule has 62 valence electrons. The molecule has 1 heterocycles. The van der Waals surface area contributed by atoms with Gasteiger partial charge in [-0.3, -0.25) is 0 Å². The molecule has 2 N–H and O–H groups in total. The first-order valence-electron chi connectivity index (χ1n) is 4.00. The van der Waals surface area contributed by atoms with Crippen molar-refractivity contribution in [2.24, 2.45) is 5.73 Å². The van der Waals surface area contributed by atoms with Gasteiger partial charge in [0, 0.05) is 0 Å². The normalized spacial score (nSPS) is 19.9. The Labute approximate surface area is 67.7 Å². The van der Waals surface area contributed by atoms with E-state index in [-0.39, 0.29) is 6.04 Å². The van der Waals surface area contributed by atoms with E-state index in [1.807, 2.05) is 12.2 Å². The standard InChI is InChI=1S/C9H15NO/c1-3-8(10)9-6-7(2)4-5-11-9/h4,6,8H,3,5,10H2,1-2H3. The molecule has 0 aromatic rings. The van der Waals surface area contributed by atoms with Gasteiger partial charge in [-0.15, -0.1) is 0 Å². The van der Waals surface area contributed by atoms with E-state index >= 15 is 0 Å². The Morgan fingerprint density at radius 2 is 2.45 bits per heavy atom. The number of rotatable bonds is 2. The molecular formula is C9H15NO. The van der Waals surface area contributed by atoms with Gasteiger partial charge in [0.15, 0.2) is 0 Å². The van der Waals surface area contributed by atoms with E-state index in [0.29, 0.717) is 6.61 Å². The summed E-state index contributed by atoms with van der Waals surface area (Å²) in [6.07, 6.45) is 4.99. The van der Waals surface area contributed by atoms with Crippen LogP contribution < -0.4 is 5.73 Å². The van der Waals surface area contributed by atoms with Gasteiger partial charge in [-0.1, -0.05) is 6.92 Å². The molecule has 1 rings (SSSR count). The van der Waals surface area contributed by atoms with Crippen LogP contribution in [0.3, 0.4) is 0 Å². The van der Waals surface area contributed by atoms with Crippen LogP contribution in [0.15, 0.2) is 23.5 Å². The van der Waals surface area contributed by atoms with Crippen molar-refractivity contribution in [3.8, 4) is 0 Å². The predicted octanol–water partition coefficient (Wildman–Crippen LogP) is 1.58. The lowest BCUT2D eigenvalue weighted by Crippen LogP contribution is -2.24. The predicted molar refractivity (Wildman–Crippen MR) is 46.1 cm³/mol. The maximum Gasteiger partial charge on any atom is 0.113 e. The van der Waals surface area contributed by atoms with E-state index in [0.717, 1.165) is 12.2 Å². The molecule has 0 saturated heterocycles. The van der Waals surface area contributed by atoms with E-state index in [4.69, 9.17) is 10.5 Å². The van der Waals surface area contributed by atoms with Crippen molar-refractivity contribution in [1.82, 2.24) is 0 Å². The Morgan fingerprint density at radius 1 is 1.73 bits per heavy atom. The van der Waals surface area contributed by atoms with Crippen molar-refractivity contribution in [3.63, 3.8) is 0 Å². The van der Waals surface area contributed by atoms with E-state index < -0.39 is 0 Å². The molecule has 1 atom stereocenters. The van der Waals surface area contributed by atoms with Gasteiger partial charge in [-0.25, -0.2) is 0 Å². The second-order valence-corrected chi connectivity index (χ2v) is 2.82. The highest BCUT2D eigenvalue weighted by Crippen LogP contribution is 2.14. The third kappa shape index (κ3) is 2.09. The molecule has 0 aliphatic carbocycles. The summed E-state index contributed by atoms with van der Waals surface area (Å²) in [5.41, 5.74) is 7.03. The highest BCUT2D eigenvalue weighted by molar-refractivity contribution is 5.24. The van der Waals surface area contributed by atoms with Crippen molar-refractivity contribution in [2.75, 3.05) is 6.61 Å². The van der Waals surface area contributed by atoms with Gasteiger partial charge in [0.05, 0.1) is 6.04 Å². The van der Waals surface area contributed by atoms with Crippen LogP contribution in [0, 0.1) is 0 Å². The third-order valence-corrected chi connectivity index (χ3v) is 1.83. The number of allylic oxidation sites excluding steroid dienone is 2. The fourth-order valence-electron chi connectivity index (χ4n) is 1.01. The summed E-state index contributed by atoms with van der Waals surface area (Å²) in [5, 5.41) is 0. The van der Waals surface area contributed by atoms with Crippen molar-refractivity contribution < 1.29 is 4.74 Å². The van der Waals surface area contributed by atoms with Crippen LogP contribution in [0.4, 0.5) is 0 Å². The summed E-state index contributed by atoms with van der Waals surface area (Å²) in [4.78, 5) is 0. The second-order valence-electron chi connectivity index (χ2n) is 2.82. The summed E-state index contributed by atoms with van der Waals surface area (Å²) in [5.74, 6) is 0.924. The lowest BCUT2D eigenvalue weighted by Gasteiger charge is -2.18. The van der Waals surface area contributed by atoms with E-state index in [1.165, 1.54) is 5.57 Å². The molecule has 2 nitrogen and oxygen atoms in total. The summed E-state index contributed by atoms with van der Waals surface area (Å²) in [7, 11) is 0. The van der Waals surface area contributed by atoms with Crippen LogP contribution in [0.25, 0.3) is 0 Å². The summed E-state index contributed by atoms with van der Waals surface area (Å²) in [6, 6.07) is 0.0682. The number of hydrogen-bond acceptors (Lipinski definition) is 2. The minimum absolute atomic E-state index is 0.0682. The van der Waals surface area contributed by atoms with Gasteiger partial charge in [-0.05, 0) is 31.1 Å². The molecule has 0 aromatic heterocycles. The zero-order chi connectivity index (χ0) is 8.27. The second kappa shape index (κ2) is 3.58. The van der Waals surface area contributed by atoms with Gasteiger partial charge in [0.2, 0.25) is 0 Å². The summed E-state index contributed by atoms with van der Waals surface area (Å²) >= 11 is 0. The number of hydrogen-bond donors (Lipinski definition) is 1. The molecule has 0 amide bonds. The third-order valence-electron chi connectivity index (χ3n) is 1.83. The fourth-order valence-corrected chi connectivity index (χ4v) is 1.01. The van der Waals surface area contributed by atoms with E-state index in [1.54, 1.807) is 0 Å². The molecule has 1 aliphatic rings. The highest BCUT2D eigenvalue weighted by Gasteiger charge is 2.10. The smallest absolute Gasteiger partial charge is 0.113 e. The lowest BCUT2D eigenvalue weighted by molar-refractivity contribution is 0.218. The molecule has 1 aliphatic heterocycles. The molecule has 0 saturated carbocycles. The largest absolute Gasteiger partial charge is 0.492 e. The van der Waals surface area contributed by atoms with Crippen LogP contribution in [-0.4, -0.2) is 12.6 Å². The number of nitrogens with two attached hydrogens (primary N) is 1. The van der Waals surface area contributed by atoms with Gasteiger partial charge in [0.1, 0.15) is 12.4 Å². The Hall–Kier alpha value is -0.760. The molecule has 2 heteroatoms. The molecule has 0 aromatic carbocycles. The molecule has 0 fully saturated rings. The zero-order valence-corrected chi connectivity index (χ0v) is 7.13. The van der Waals surface area contributed by atoms with E-state index in [2.05, 4.69) is 13.8 Å². The van der Waals surface area contributed by atoms with Gasteiger partial charge < -0.3 is 10.5 Å². The first-order valence-corrected chi connectivity index (χ1v) is 4.00. The molecule has 0 spiro atoms. The fraction of sp³-hybridized carbons (Fsp3) is 0.556. The van der Waals surface area contributed by atoms with Crippen LogP contribution in [-0.2, 0) is 4.74 Å². The summed E-state index contributed by atoms with van der Waals surface area (Å²) < 4.78 is 5.36.